The van der Waals surface area contributed by atoms with Crippen LogP contribution in [0.15, 0.2) is 12.1 Å². The molecule has 1 aromatic rings. The second-order valence-corrected chi connectivity index (χ2v) is 9.43. The van der Waals surface area contributed by atoms with E-state index >= 15 is 0 Å². The maximum atomic E-state index is 5.90. The van der Waals surface area contributed by atoms with Gasteiger partial charge in [-0.05, 0) is 50.7 Å². The highest BCUT2D eigenvalue weighted by Crippen LogP contribution is 2.53. The first-order valence-corrected chi connectivity index (χ1v) is 8.93. The quantitative estimate of drug-likeness (QED) is 0.889. The van der Waals surface area contributed by atoms with Crippen molar-refractivity contribution in [2.24, 2.45) is 11.3 Å². The van der Waals surface area contributed by atoms with Gasteiger partial charge in [-0.25, -0.2) is 0 Å². The molecular formula is C18H29ClN4. The molecule has 0 spiro atoms. The Balaban J connectivity index is 1.99. The highest BCUT2D eigenvalue weighted by Gasteiger charge is 2.58. The lowest BCUT2D eigenvalue weighted by molar-refractivity contribution is 0.0425. The van der Waals surface area contributed by atoms with E-state index < -0.39 is 0 Å². The molecule has 128 valence electrons. The Bertz CT molecular complexity index is 582. The highest BCUT2D eigenvalue weighted by atomic mass is 35.5. The van der Waals surface area contributed by atoms with Crippen LogP contribution < -0.4 is 10.2 Å². The number of fused-ring (bicyclic) bond motifs is 2. The van der Waals surface area contributed by atoms with Crippen molar-refractivity contribution < 1.29 is 0 Å². The third kappa shape index (κ3) is 2.96. The summed E-state index contributed by atoms with van der Waals surface area (Å²) in [6.45, 7) is 11.9. The van der Waals surface area contributed by atoms with Gasteiger partial charge >= 0.3 is 0 Å². The number of nitrogens with zero attached hydrogens (tertiary/aromatic N) is 3. The van der Waals surface area contributed by atoms with E-state index in [4.69, 9.17) is 11.6 Å². The van der Waals surface area contributed by atoms with Crippen molar-refractivity contribution in [3.8, 4) is 0 Å². The molecule has 0 aliphatic carbocycles. The molecule has 4 nitrogen and oxygen atoms in total. The van der Waals surface area contributed by atoms with Crippen LogP contribution in [0, 0.1) is 11.3 Å². The van der Waals surface area contributed by atoms with E-state index in [1.807, 2.05) is 12.1 Å². The van der Waals surface area contributed by atoms with Crippen LogP contribution in [0.4, 0.5) is 5.82 Å². The molecule has 0 amide bonds. The molecule has 2 bridgehead atoms. The molecule has 1 unspecified atom stereocenters. The maximum absolute atomic E-state index is 5.90. The van der Waals surface area contributed by atoms with Crippen molar-refractivity contribution in [1.82, 2.24) is 15.5 Å². The first-order chi connectivity index (χ1) is 10.5. The molecule has 23 heavy (non-hydrogen) atoms. The van der Waals surface area contributed by atoms with Gasteiger partial charge in [0, 0.05) is 30.1 Å². The summed E-state index contributed by atoms with van der Waals surface area (Å²) < 4.78 is 0. The van der Waals surface area contributed by atoms with Crippen LogP contribution in [-0.4, -0.2) is 34.4 Å². The summed E-state index contributed by atoms with van der Waals surface area (Å²) in [6, 6.07) is 4.24. The van der Waals surface area contributed by atoms with Gasteiger partial charge in [-0.15, -0.1) is 10.2 Å². The lowest BCUT2D eigenvalue weighted by atomic mass is 9.62. The fraction of sp³-hybridized carbons (Fsp3) is 0.778. The van der Waals surface area contributed by atoms with Gasteiger partial charge in [-0.2, -0.15) is 0 Å². The van der Waals surface area contributed by atoms with Gasteiger partial charge in [0.25, 0.3) is 0 Å². The van der Waals surface area contributed by atoms with Gasteiger partial charge in [0.15, 0.2) is 11.0 Å². The molecule has 3 rings (SSSR count). The van der Waals surface area contributed by atoms with E-state index in [9.17, 15) is 0 Å². The smallest absolute Gasteiger partial charge is 0.151 e. The lowest BCUT2D eigenvalue weighted by Gasteiger charge is -2.55. The van der Waals surface area contributed by atoms with Crippen LogP contribution in [0.1, 0.15) is 53.9 Å². The SMILES string of the molecule is CN(c1ccc(Cl)nn1)[C@H]1C[C@]2(C)CC[C@@](C)(N2)C1C(C)(C)C. The number of aromatic nitrogens is 2. The van der Waals surface area contributed by atoms with Crippen LogP contribution in [-0.2, 0) is 0 Å². The van der Waals surface area contributed by atoms with E-state index in [0.29, 0.717) is 17.1 Å². The number of piperidine rings is 1. The summed E-state index contributed by atoms with van der Waals surface area (Å²) in [5, 5.41) is 12.7. The minimum absolute atomic E-state index is 0.171. The Morgan fingerprint density at radius 2 is 1.91 bits per heavy atom. The molecule has 0 radical (unpaired) electrons. The van der Waals surface area contributed by atoms with E-state index in [-0.39, 0.29) is 16.5 Å². The highest BCUT2D eigenvalue weighted by molar-refractivity contribution is 6.29. The van der Waals surface area contributed by atoms with E-state index in [0.717, 1.165) is 12.2 Å². The molecule has 5 heteroatoms. The zero-order valence-electron chi connectivity index (χ0n) is 15.2. The number of hydrogen-bond acceptors (Lipinski definition) is 4. The minimum atomic E-state index is 0.171. The standard InChI is InChI=1S/C18H29ClN4/c1-16(2,3)15-12(11-17(4)9-10-18(15,5)22-17)23(6)14-8-7-13(19)20-21-14/h7-8,12,15,22H,9-11H2,1-6H3/t12-,15?,17-,18+/m0/s1. The maximum Gasteiger partial charge on any atom is 0.151 e. The number of rotatable bonds is 2. The Morgan fingerprint density at radius 1 is 1.22 bits per heavy atom. The van der Waals surface area contributed by atoms with Crippen molar-refractivity contribution in [1.29, 1.82) is 0 Å². The molecule has 0 aromatic carbocycles. The fourth-order valence-electron chi connectivity index (χ4n) is 5.30. The van der Waals surface area contributed by atoms with E-state index in [2.05, 4.69) is 62.1 Å². The van der Waals surface area contributed by atoms with Gasteiger partial charge in [-0.3, -0.25) is 0 Å². The molecule has 3 heterocycles. The summed E-state index contributed by atoms with van der Waals surface area (Å²) in [4.78, 5) is 2.32. The van der Waals surface area contributed by atoms with E-state index in [1.165, 1.54) is 12.8 Å². The lowest BCUT2D eigenvalue weighted by Crippen LogP contribution is -2.67. The molecular weight excluding hydrogens is 308 g/mol. The number of hydrogen-bond donors (Lipinski definition) is 1. The number of halogens is 1. The summed E-state index contributed by atoms with van der Waals surface area (Å²) >= 11 is 5.90. The van der Waals surface area contributed by atoms with Crippen molar-refractivity contribution in [3.05, 3.63) is 17.3 Å². The Hall–Kier alpha value is -0.870. The van der Waals surface area contributed by atoms with Crippen molar-refractivity contribution in [3.63, 3.8) is 0 Å². The van der Waals surface area contributed by atoms with Gasteiger partial charge in [-0.1, -0.05) is 32.4 Å². The average molecular weight is 337 g/mol. The van der Waals surface area contributed by atoms with Crippen LogP contribution >= 0.6 is 11.6 Å². The topological polar surface area (TPSA) is 41.1 Å². The van der Waals surface area contributed by atoms with Gasteiger partial charge < -0.3 is 10.2 Å². The van der Waals surface area contributed by atoms with Gasteiger partial charge in [0.05, 0.1) is 0 Å². The van der Waals surface area contributed by atoms with Gasteiger partial charge in [0.2, 0.25) is 0 Å². The predicted octanol–water partition coefficient (Wildman–Crippen LogP) is 3.90. The Labute approximate surface area is 145 Å². The third-order valence-corrected chi connectivity index (χ3v) is 6.13. The molecule has 2 aliphatic heterocycles. The van der Waals surface area contributed by atoms with Crippen LogP contribution in [0.25, 0.3) is 0 Å². The normalized spacial score (nSPS) is 37.0. The summed E-state index contributed by atoms with van der Waals surface area (Å²) in [5.74, 6) is 1.44. The van der Waals surface area contributed by atoms with Crippen LogP contribution in [0.2, 0.25) is 5.15 Å². The molecule has 2 aliphatic rings. The van der Waals surface area contributed by atoms with Crippen molar-refractivity contribution in [2.75, 3.05) is 11.9 Å². The molecule has 4 atom stereocenters. The van der Waals surface area contributed by atoms with Crippen LogP contribution in [0.3, 0.4) is 0 Å². The molecule has 2 saturated heterocycles. The minimum Gasteiger partial charge on any atom is -0.355 e. The number of nitrogens with one attached hydrogen (secondary N) is 1. The largest absolute Gasteiger partial charge is 0.355 e. The summed E-state index contributed by atoms with van der Waals surface area (Å²) in [6.07, 6.45) is 3.61. The summed E-state index contributed by atoms with van der Waals surface area (Å²) in [5.41, 5.74) is 0.603. The first kappa shape index (κ1) is 17.0. The summed E-state index contributed by atoms with van der Waals surface area (Å²) in [7, 11) is 2.15. The zero-order valence-corrected chi connectivity index (χ0v) is 15.9. The monoisotopic (exact) mass is 336 g/mol. The predicted molar refractivity (Wildman–Crippen MR) is 96.0 cm³/mol. The number of anilines is 1. The molecule has 0 saturated carbocycles. The first-order valence-electron chi connectivity index (χ1n) is 8.56. The van der Waals surface area contributed by atoms with E-state index in [1.54, 1.807) is 0 Å². The Kier molecular flexibility index (Phi) is 3.92. The average Bonchev–Trinajstić information content (AvgIpc) is 2.67. The Morgan fingerprint density at radius 3 is 2.48 bits per heavy atom. The van der Waals surface area contributed by atoms with Crippen molar-refractivity contribution >= 4 is 17.4 Å². The third-order valence-electron chi connectivity index (χ3n) is 5.92. The molecule has 1 aromatic heterocycles. The second kappa shape index (κ2) is 5.32. The van der Waals surface area contributed by atoms with Crippen LogP contribution in [0.5, 0.6) is 0 Å². The molecule has 2 fully saturated rings. The second-order valence-electron chi connectivity index (χ2n) is 9.04. The van der Waals surface area contributed by atoms with Crippen molar-refractivity contribution in [2.45, 2.75) is 71.0 Å². The zero-order chi connectivity index (χ0) is 17.0. The fourth-order valence-corrected chi connectivity index (χ4v) is 5.40. The van der Waals surface area contributed by atoms with Gasteiger partial charge in [0.1, 0.15) is 0 Å². The molecule has 1 N–H and O–H groups in total.